The maximum Gasteiger partial charge on any atom is 0.303 e. The van der Waals surface area contributed by atoms with E-state index in [0.717, 1.165) is 25.7 Å². The van der Waals surface area contributed by atoms with Crippen molar-refractivity contribution in [2.75, 3.05) is 6.54 Å². The molecule has 5 amide bonds. The summed E-state index contributed by atoms with van der Waals surface area (Å²) in [5.41, 5.74) is 5.22. The summed E-state index contributed by atoms with van der Waals surface area (Å²) in [6.45, 7) is 5.72. The van der Waals surface area contributed by atoms with Gasteiger partial charge < -0.3 is 51.8 Å². The van der Waals surface area contributed by atoms with Crippen LogP contribution in [0.1, 0.15) is 79.1 Å². The third-order valence-corrected chi connectivity index (χ3v) is 6.86. The number of hydrogen-bond acceptors (Lipinski definition) is 10. The van der Waals surface area contributed by atoms with Crippen LogP contribution in [0.2, 0.25) is 0 Å². The first kappa shape index (κ1) is 37.7. The predicted octanol–water partition coefficient (Wildman–Crippen LogP) is -1.84. The minimum Gasteiger partial charge on any atom is -0.481 e. The number of nitrogens with two attached hydrogens (primary N) is 1. The first-order chi connectivity index (χ1) is 20.2. The van der Waals surface area contributed by atoms with Gasteiger partial charge in [-0.25, -0.2) is 0 Å². The third kappa shape index (κ3) is 13.7. The monoisotopic (exact) mass is 617 g/mol. The molecule has 1 saturated heterocycles. The lowest BCUT2D eigenvalue weighted by Crippen LogP contribution is -2.66. The maximum atomic E-state index is 12.8. The zero-order valence-electron chi connectivity index (χ0n) is 25.2. The van der Waals surface area contributed by atoms with Crippen molar-refractivity contribution in [3.05, 3.63) is 0 Å². The van der Waals surface area contributed by atoms with Gasteiger partial charge in [-0.2, -0.15) is 0 Å². The molecule has 43 heavy (non-hydrogen) atoms. The summed E-state index contributed by atoms with van der Waals surface area (Å²) in [5, 5.41) is 40.1. The topological polar surface area (TPSA) is 256 Å². The number of aliphatic hydroxyl groups excluding tert-OH is 2. The van der Waals surface area contributed by atoms with Gasteiger partial charge in [0.1, 0.15) is 42.5 Å². The van der Waals surface area contributed by atoms with Crippen LogP contribution in [-0.4, -0.2) is 106 Å². The summed E-state index contributed by atoms with van der Waals surface area (Å²) in [4.78, 5) is 71.7. The van der Waals surface area contributed by atoms with Gasteiger partial charge in [0.15, 0.2) is 6.29 Å². The van der Waals surface area contributed by atoms with E-state index in [1.54, 1.807) is 0 Å². The Morgan fingerprint density at radius 2 is 1.60 bits per heavy atom. The Labute approximate surface area is 250 Å². The van der Waals surface area contributed by atoms with Crippen LogP contribution >= 0.6 is 0 Å². The number of carboxylic acid groups (broad SMARTS) is 1. The van der Waals surface area contributed by atoms with Crippen molar-refractivity contribution in [3.8, 4) is 0 Å². The number of carbonyl (C=O) groups is 6. The highest BCUT2D eigenvalue weighted by Gasteiger charge is 2.47. The van der Waals surface area contributed by atoms with Gasteiger partial charge in [-0.1, -0.05) is 32.6 Å². The Kier molecular flexibility index (Phi) is 16.7. The number of rotatable bonds is 19. The SMILES string of the molecule is CCCCCCCC(=O)NC[C@H]1O[C@@H](O)[C@H](NC(C)=O)[C@@H](O[C@H](C)C(=O)N[C@@H](C)C(=O)N[C@H](CCC(=O)O)C(N)=O)[C@@H]1O. The summed E-state index contributed by atoms with van der Waals surface area (Å²) >= 11 is 0. The number of amides is 5. The molecule has 1 aliphatic rings. The van der Waals surface area contributed by atoms with Crippen LogP contribution < -0.4 is 27.0 Å². The molecule has 0 bridgehead atoms. The molecule has 1 aliphatic heterocycles. The molecular formula is C27H47N5O11. The van der Waals surface area contributed by atoms with E-state index in [2.05, 4.69) is 28.2 Å². The fourth-order valence-corrected chi connectivity index (χ4v) is 4.39. The van der Waals surface area contributed by atoms with E-state index in [1.807, 2.05) is 0 Å². The van der Waals surface area contributed by atoms with E-state index in [-0.39, 0.29) is 25.3 Å². The van der Waals surface area contributed by atoms with Crippen molar-refractivity contribution < 1.29 is 53.6 Å². The smallest absolute Gasteiger partial charge is 0.303 e. The summed E-state index contributed by atoms with van der Waals surface area (Å²) < 4.78 is 11.2. The van der Waals surface area contributed by atoms with Crippen LogP contribution in [0.25, 0.3) is 0 Å². The molecule has 9 N–H and O–H groups in total. The maximum absolute atomic E-state index is 12.8. The minimum absolute atomic E-state index is 0.167. The number of nitrogens with one attached hydrogen (secondary N) is 4. The largest absolute Gasteiger partial charge is 0.481 e. The van der Waals surface area contributed by atoms with Crippen LogP contribution in [0, 0.1) is 0 Å². The molecule has 0 unspecified atom stereocenters. The lowest BCUT2D eigenvalue weighted by molar-refractivity contribution is -0.259. The first-order valence-corrected chi connectivity index (χ1v) is 14.5. The van der Waals surface area contributed by atoms with Gasteiger partial charge in [-0.3, -0.25) is 28.8 Å². The van der Waals surface area contributed by atoms with Crippen molar-refractivity contribution in [3.63, 3.8) is 0 Å². The van der Waals surface area contributed by atoms with Crippen molar-refractivity contribution in [2.45, 2.75) is 128 Å². The first-order valence-electron chi connectivity index (χ1n) is 14.5. The minimum atomic E-state index is -1.65. The van der Waals surface area contributed by atoms with Crippen molar-refractivity contribution in [1.29, 1.82) is 0 Å². The van der Waals surface area contributed by atoms with Crippen LogP contribution in [0.15, 0.2) is 0 Å². The lowest BCUT2D eigenvalue weighted by Gasteiger charge is -2.43. The summed E-state index contributed by atoms with van der Waals surface area (Å²) in [6.07, 6.45) is -2.53. The summed E-state index contributed by atoms with van der Waals surface area (Å²) in [7, 11) is 0. The van der Waals surface area contributed by atoms with Gasteiger partial charge in [0.2, 0.25) is 29.5 Å². The van der Waals surface area contributed by atoms with E-state index < -0.39 is 84.9 Å². The fourth-order valence-electron chi connectivity index (χ4n) is 4.39. The second-order valence-corrected chi connectivity index (χ2v) is 10.6. The Balaban J connectivity index is 2.83. The van der Waals surface area contributed by atoms with E-state index in [1.165, 1.54) is 20.8 Å². The number of unbranched alkanes of at least 4 members (excludes halogenated alkanes) is 4. The number of carbonyl (C=O) groups excluding carboxylic acids is 5. The van der Waals surface area contributed by atoms with Crippen LogP contribution in [0.5, 0.6) is 0 Å². The van der Waals surface area contributed by atoms with Crippen molar-refractivity contribution >= 4 is 35.5 Å². The highest BCUT2D eigenvalue weighted by Crippen LogP contribution is 2.24. The number of aliphatic hydroxyl groups is 2. The van der Waals surface area contributed by atoms with Crippen molar-refractivity contribution in [1.82, 2.24) is 21.3 Å². The number of carboxylic acids is 1. The molecule has 0 aromatic rings. The summed E-state index contributed by atoms with van der Waals surface area (Å²) in [6, 6.07) is -3.75. The van der Waals surface area contributed by atoms with Gasteiger partial charge in [-0.15, -0.1) is 0 Å². The second-order valence-electron chi connectivity index (χ2n) is 10.6. The van der Waals surface area contributed by atoms with Gasteiger partial charge >= 0.3 is 5.97 Å². The zero-order chi connectivity index (χ0) is 32.7. The van der Waals surface area contributed by atoms with E-state index in [4.69, 9.17) is 20.3 Å². The number of primary amides is 1. The highest BCUT2D eigenvalue weighted by atomic mass is 16.6. The van der Waals surface area contributed by atoms with Crippen LogP contribution in [-0.2, 0) is 38.2 Å². The van der Waals surface area contributed by atoms with Crippen LogP contribution in [0.4, 0.5) is 0 Å². The van der Waals surface area contributed by atoms with Crippen molar-refractivity contribution in [2.24, 2.45) is 5.73 Å². The molecule has 16 nitrogen and oxygen atoms in total. The van der Waals surface area contributed by atoms with Gasteiger partial charge in [0.25, 0.3) is 0 Å². The Morgan fingerprint density at radius 3 is 2.19 bits per heavy atom. The zero-order valence-corrected chi connectivity index (χ0v) is 25.2. The second kappa shape index (κ2) is 19.0. The fraction of sp³-hybridized carbons (Fsp3) is 0.778. The van der Waals surface area contributed by atoms with E-state index in [0.29, 0.717) is 6.42 Å². The number of aliphatic carboxylic acids is 1. The molecule has 0 aromatic carbocycles. The number of hydrogen-bond donors (Lipinski definition) is 8. The standard InChI is InChI=1S/C27H47N5O11/c1-5-6-7-8-9-10-19(34)29-13-18-22(37)23(21(27(41)43-18)31-16(4)33)42-15(3)26(40)30-14(2)25(39)32-17(24(28)38)11-12-20(35)36/h14-15,17-18,21-23,27,37,41H,5-13H2,1-4H3,(H2,28,38)(H,29,34)(H,30,40)(H,31,33)(H,32,39)(H,35,36)/t14-,15+,17+,18+,21+,22+,23+,27+/m0/s1. The molecular weight excluding hydrogens is 570 g/mol. The average molecular weight is 618 g/mol. The quantitative estimate of drug-likeness (QED) is 0.0747. The van der Waals surface area contributed by atoms with E-state index >= 15 is 0 Å². The average Bonchev–Trinajstić information content (AvgIpc) is 2.92. The molecule has 1 heterocycles. The number of ether oxygens (including phenoxy) is 2. The Bertz CT molecular complexity index is 966. The molecule has 0 aliphatic carbocycles. The molecule has 0 radical (unpaired) electrons. The Hall–Kier alpha value is -3.34. The van der Waals surface area contributed by atoms with E-state index in [9.17, 15) is 39.0 Å². The van der Waals surface area contributed by atoms with Gasteiger partial charge in [0.05, 0.1) is 0 Å². The summed E-state index contributed by atoms with van der Waals surface area (Å²) in [5.74, 6) is -4.59. The molecule has 0 saturated carbocycles. The molecule has 0 spiro atoms. The molecule has 0 aromatic heterocycles. The third-order valence-electron chi connectivity index (χ3n) is 6.86. The molecule has 246 valence electrons. The molecule has 1 fully saturated rings. The molecule has 16 heteroatoms. The molecule has 8 atom stereocenters. The predicted molar refractivity (Wildman–Crippen MR) is 151 cm³/mol. The van der Waals surface area contributed by atoms with Gasteiger partial charge in [-0.05, 0) is 26.7 Å². The molecule has 1 rings (SSSR count). The highest BCUT2D eigenvalue weighted by molar-refractivity contribution is 5.92. The van der Waals surface area contributed by atoms with Crippen LogP contribution in [0.3, 0.4) is 0 Å². The normalized spacial score (nSPS) is 23.7. The lowest BCUT2D eigenvalue weighted by atomic mass is 9.95. The Morgan fingerprint density at radius 1 is 0.953 bits per heavy atom. The van der Waals surface area contributed by atoms with Gasteiger partial charge in [0, 0.05) is 26.3 Å².